The van der Waals surface area contributed by atoms with Gasteiger partial charge in [-0.05, 0) is 73.9 Å². The molecule has 0 aromatic heterocycles. The lowest BCUT2D eigenvalue weighted by Gasteiger charge is -2.21. The van der Waals surface area contributed by atoms with Crippen LogP contribution in [0, 0.1) is 0 Å². The fourth-order valence-corrected chi connectivity index (χ4v) is 4.28. The lowest BCUT2D eigenvalue weighted by atomic mass is 9.98. The van der Waals surface area contributed by atoms with Gasteiger partial charge in [0.05, 0.1) is 18.8 Å². The zero-order valence-electron chi connectivity index (χ0n) is 20.7. The van der Waals surface area contributed by atoms with Crippen molar-refractivity contribution in [3.05, 3.63) is 66.7 Å². The molecule has 0 bridgehead atoms. The van der Waals surface area contributed by atoms with E-state index in [4.69, 9.17) is 14.2 Å². The minimum absolute atomic E-state index is 0.0732. The summed E-state index contributed by atoms with van der Waals surface area (Å²) in [7, 11) is 0. The van der Waals surface area contributed by atoms with E-state index in [2.05, 4.69) is 6.58 Å². The largest absolute Gasteiger partial charge is 0.494 e. The van der Waals surface area contributed by atoms with E-state index < -0.39 is 0 Å². The molecule has 188 valence electrons. The number of carbonyl (C=O) groups is 2. The molecule has 0 heterocycles. The third kappa shape index (κ3) is 9.59. The van der Waals surface area contributed by atoms with Crippen molar-refractivity contribution >= 4 is 11.9 Å². The Kier molecular flexibility index (Phi) is 11.4. The third-order valence-corrected chi connectivity index (χ3v) is 6.35. The number of carbonyl (C=O) groups excluding carboxylic acids is 2. The van der Waals surface area contributed by atoms with Crippen LogP contribution in [-0.2, 0) is 14.3 Å². The average molecular weight is 479 g/mol. The maximum absolute atomic E-state index is 12.4. The normalized spacial score (nSPS) is 13.7. The first-order chi connectivity index (χ1) is 17.2. The molecular weight excluding hydrogens is 440 g/mol. The van der Waals surface area contributed by atoms with Crippen LogP contribution >= 0.6 is 0 Å². The van der Waals surface area contributed by atoms with Crippen LogP contribution < -0.4 is 4.74 Å². The highest BCUT2D eigenvalue weighted by atomic mass is 16.5. The van der Waals surface area contributed by atoms with E-state index in [1.165, 1.54) is 12.5 Å². The van der Waals surface area contributed by atoms with Gasteiger partial charge in [-0.2, -0.15) is 0 Å². The second-order valence-electron chi connectivity index (χ2n) is 9.11. The Hall–Kier alpha value is -3.08. The van der Waals surface area contributed by atoms with E-state index >= 15 is 0 Å². The fourth-order valence-electron chi connectivity index (χ4n) is 4.28. The molecule has 0 atom stereocenters. The van der Waals surface area contributed by atoms with E-state index in [9.17, 15) is 9.59 Å². The van der Waals surface area contributed by atoms with Crippen LogP contribution in [-0.4, -0.2) is 31.3 Å². The molecule has 1 aliphatic carbocycles. The van der Waals surface area contributed by atoms with E-state index in [0.717, 1.165) is 81.1 Å². The van der Waals surface area contributed by atoms with Gasteiger partial charge in [-0.15, -0.1) is 0 Å². The second kappa shape index (κ2) is 15.0. The molecule has 1 aliphatic rings. The summed E-state index contributed by atoms with van der Waals surface area (Å²) in [5, 5.41) is 0. The van der Waals surface area contributed by atoms with E-state index in [-0.39, 0.29) is 18.0 Å². The molecular formula is C30H38O5. The number of hydrogen-bond donors (Lipinski definition) is 0. The molecule has 5 heteroatoms. The molecule has 1 fully saturated rings. The van der Waals surface area contributed by atoms with Crippen molar-refractivity contribution in [3.63, 3.8) is 0 Å². The third-order valence-electron chi connectivity index (χ3n) is 6.35. The molecule has 0 spiro atoms. The predicted molar refractivity (Wildman–Crippen MR) is 139 cm³/mol. The topological polar surface area (TPSA) is 61.8 Å². The van der Waals surface area contributed by atoms with E-state index in [0.29, 0.717) is 18.8 Å². The van der Waals surface area contributed by atoms with Gasteiger partial charge < -0.3 is 14.2 Å². The van der Waals surface area contributed by atoms with Crippen molar-refractivity contribution in [3.8, 4) is 16.9 Å². The minimum atomic E-state index is -0.347. The van der Waals surface area contributed by atoms with Gasteiger partial charge in [0.25, 0.3) is 0 Å². The highest BCUT2D eigenvalue weighted by Gasteiger charge is 2.18. The van der Waals surface area contributed by atoms with Gasteiger partial charge in [0, 0.05) is 6.08 Å². The molecule has 0 saturated heterocycles. The maximum Gasteiger partial charge on any atom is 0.338 e. The van der Waals surface area contributed by atoms with Crippen molar-refractivity contribution in [2.24, 2.45) is 0 Å². The number of hydrogen-bond acceptors (Lipinski definition) is 5. The SMILES string of the molecule is C=CC(=O)OCCCCCCCCOc1ccc(-c2ccc(C(=O)OC3CCCCC3)cc2)cc1. The predicted octanol–water partition coefficient (Wildman–Crippen LogP) is 7.29. The summed E-state index contributed by atoms with van der Waals surface area (Å²) >= 11 is 0. The van der Waals surface area contributed by atoms with Crippen molar-refractivity contribution in [2.45, 2.75) is 76.7 Å². The van der Waals surface area contributed by atoms with E-state index in [1.807, 2.05) is 48.5 Å². The molecule has 0 aliphatic heterocycles. The molecule has 1 saturated carbocycles. The van der Waals surface area contributed by atoms with Crippen LogP contribution in [0.4, 0.5) is 0 Å². The van der Waals surface area contributed by atoms with Gasteiger partial charge >= 0.3 is 11.9 Å². The molecule has 0 N–H and O–H groups in total. The summed E-state index contributed by atoms with van der Waals surface area (Å²) in [6, 6.07) is 15.7. The highest BCUT2D eigenvalue weighted by molar-refractivity contribution is 5.90. The second-order valence-corrected chi connectivity index (χ2v) is 9.11. The standard InChI is InChI=1S/C30H38O5/c1-2-29(31)34-23-11-6-4-3-5-10-22-33-27-20-18-25(19-21-27)24-14-16-26(17-15-24)30(32)35-28-12-8-7-9-13-28/h2,14-21,28H,1,3-13,22-23H2. The summed E-state index contributed by atoms with van der Waals surface area (Å²) in [4.78, 5) is 23.4. The molecule has 0 radical (unpaired) electrons. The average Bonchev–Trinajstić information content (AvgIpc) is 2.90. The van der Waals surface area contributed by atoms with Gasteiger partial charge in [0.2, 0.25) is 0 Å². The quantitative estimate of drug-likeness (QED) is 0.162. The Morgan fingerprint density at radius 3 is 1.97 bits per heavy atom. The van der Waals surface area contributed by atoms with Gasteiger partial charge in [0.15, 0.2) is 0 Å². The summed E-state index contributed by atoms with van der Waals surface area (Å²) < 4.78 is 16.5. The molecule has 2 aromatic carbocycles. The van der Waals surface area contributed by atoms with Crippen molar-refractivity contribution in [1.29, 1.82) is 0 Å². The molecule has 3 rings (SSSR count). The Balaban J connectivity index is 1.31. The van der Waals surface area contributed by atoms with Crippen LogP contribution in [0.15, 0.2) is 61.2 Å². The monoisotopic (exact) mass is 478 g/mol. The smallest absolute Gasteiger partial charge is 0.338 e. The van der Waals surface area contributed by atoms with Crippen molar-refractivity contribution < 1.29 is 23.8 Å². The van der Waals surface area contributed by atoms with Crippen LogP contribution in [0.25, 0.3) is 11.1 Å². The Morgan fingerprint density at radius 2 is 1.34 bits per heavy atom. The summed E-state index contributed by atoms with van der Waals surface area (Å²) in [5.74, 6) is 0.298. The van der Waals surface area contributed by atoms with Crippen LogP contribution in [0.5, 0.6) is 5.75 Å². The van der Waals surface area contributed by atoms with Crippen LogP contribution in [0.2, 0.25) is 0 Å². The first kappa shape index (κ1) is 26.5. The fraction of sp³-hybridized carbons (Fsp3) is 0.467. The summed E-state index contributed by atoms with van der Waals surface area (Å²) in [5.41, 5.74) is 2.75. The Morgan fingerprint density at radius 1 is 0.771 bits per heavy atom. The molecule has 2 aromatic rings. The number of benzene rings is 2. The first-order valence-electron chi connectivity index (χ1n) is 13.0. The summed E-state index contributed by atoms with van der Waals surface area (Å²) in [6.45, 7) is 4.56. The number of rotatable bonds is 14. The van der Waals surface area contributed by atoms with Crippen molar-refractivity contribution in [2.75, 3.05) is 13.2 Å². The van der Waals surface area contributed by atoms with Crippen LogP contribution in [0.1, 0.15) is 81.0 Å². The highest BCUT2D eigenvalue weighted by Crippen LogP contribution is 2.25. The molecule has 35 heavy (non-hydrogen) atoms. The lowest BCUT2D eigenvalue weighted by Crippen LogP contribution is -2.20. The minimum Gasteiger partial charge on any atom is -0.494 e. The zero-order valence-corrected chi connectivity index (χ0v) is 20.7. The lowest BCUT2D eigenvalue weighted by molar-refractivity contribution is -0.137. The van der Waals surface area contributed by atoms with Crippen molar-refractivity contribution in [1.82, 2.24) is 0 Å². The number of esters is 2. The van der Waals surface area contributed by atoms with Crippen LogP contribution in [0.3, 0.4) is 0 Å². The Labute approximate surface area is 209 Å². The number of unbranched alkanes of at least 4 members (excludes halogenated alkanes) is 5. The van der Waals surface area contributed by atoms with Gasteiger partial charge in [0.1, 0.15) is 11.9 Å². The first-order valence-corrected chi connectivity index (χ1v) is 13.0. The molecule has 0 unspecified atom stereocenters. The zero-order chi connectivity index (χ0) is 24.7. The van der Waals surface area contributed by atoms with E-state index in [1.54, 1.807) is 0 Å². The maximum atomic E-state index is 12.4. The molecule has 0 amide bonds. The van der Waals surface area contributed by atoms with Gasteiger partial charge in [-0.3, -0.25) is 0 Å². The summed E-state index contributed by atoms with van der Waals surface area (Å²) in [6.07, 6.45) is 13.2. The molecule has 5 nitrogen and oxygen atoms in total. The van der Waals surface area contributed by atoms with Gasteiger partial charge in [-0.1, -0.05) is 62.9 Å². The van der Waals surface area contributed by atoms with Gasteiger partial charge in [-0.25, -0.2) is 9.59 Å². The number of ether oxygens (including phenoxy) is 3. The Bertz CT molecular complexity index is 911.